The number of esters is 1. The summed E-state index contributed by atoms with van der Waals surface area (Å²) in [7, 11) is 0. The van der Waals surface area contributed by atoms with Gasteiger partial charge in [0.1, 0.15) is 28.9 Å². The number of thioether (sulfide) groups is 1. The molecule has 14 nitrogen and oxygen atoms in total. The lowest BCUT2D eigenvalue weighted by Crippen LogP contribution is -2.71. The molecular weight excluding hydrogens is 841 g/mol. The van der Waals surface area contributed by atoms with Crippen molar-refractivity contribution >= 4 is 64.0 Å². The number of nitrogens with one attached hydrogen (secondary N) is 1. The number of ether oxygens (including phenoxy) is 3. The van der Waals surface area contributed by atoms with Crippen molar-refractivity contribution in [3.63, 3.8) is 0 Å². The highest BCUT2D eigenvalue weighted by Gasteiger charge is 2.55. The Morgan fingerprint density at radius 2 is 1.54 bits per heavy atom. The second kappa shape index (κ2) is 19.5. The number of rotatable bonds is 14. The van der Waals surface area contributed by atoms with Gasteiger partial charge in [-0.05, 0) is 42.9 Å². The monoisotopic (exact) mass is 884 g/mol. The van der Waals surface area contributed by atoms with Crippen LogP contribution in [-0.2, 0) is 39.0 Å². The Hall–Kier alpha value is -6.78. The molecule has 3 aromatic carbocycles. The van der Waals surface area contributed by atoms with Crippen LogP contribution in [-0.4, -0.2) is 74.1 Å². The molecule has 16 heteroatoms. The molecule has 1 unspecified atom stereocenters. The van der Waals surface area contributed by atoms with Crippen LogP contribution in [0.5, 0.6) is 0 Å². The number of thiazole rings is 1. The van der Waals surface area contributed by atoms with Gasteiger partial charge in [0.25, 0.3) is 11.8 Å². The van der Waals surface area contributed by atoms with Crippen molar-refractivity contribution in [3.8, 4) is 0 Å². The van der Waals surface area contributed by atoms with Crippen molar-refractivity contribution in [2.75, 3.05) is 11.5 Å². The Balaban J connectivity index is 1.07. The lowest BCUT2D eigenvalue weighted by atomic mass is 9.80. The molecule has 2 fully saturated rings. The van der Waals surface area contributed by atoms with Gasteiger partial charge in [-0.2, -0.15) is 0 Å². The fraction of sp³-hybridized carbons (Fsp3) is 0.255. The minimum atomic E-state index is -1.33. The molecule has 0 bridgehead atoms. The normalized spacial score (nSPS) is 18.5. The summed E-state index contributed by atoms with van der Waals surface area (Å²) in [6.45, 7) is 1.40. The fourth-order valence-electron chi connectivity index (χ4n) is 7.75. The van der Waals surface area contributed by atoms with Gasteiger partial charge in [0.15, 0.2) is 10.8 Å². The number of pyridine rings is 1. The van der Waals surface area contributed by atoms with Crippen LogP contribution in [0.1, 0.15) is 67.0 Å². The van der Waals surface area contributed by atoms with Gasteiger partial charge in [0.2, 0.25) is 11.9 Å². The van der Waals surface area contributed by atoms with Crippen LogP contribution in [0.25, 0.3) is 6.08 Å². The average molecular weight is 885 g/mol. The number of benzene rings is 3. The van der Waals surface area contributed by atoms with Crippen LogP contribution in [0.2, 0.25) is 0 Å². The number of fused-ring (bicyclic) bond motifs is 1. The minimum Gasteiger partial charge on any atom is -0.431 e. The molecule has 1 aliphatic carbocycles. The predicted molar refractivity (Wildman–Crippen MR) is 239 cm³/mol. The zero-order valence-electron chi connectivity index (χ0n) is 34.2. The maximum Gasteiger partial charge on any atom is 0.511 e. The van der Waals surface area contributed by atoms with Crippen molar-refractivity contribution in [2.24, 2.45) is 5.16 Å². The molecule has 0 radical (unpaired) electrons. The van der Waals surface area contributed by atoms with Crippen molar-refractivity contribution in [3.05, 3.63) is 166 Å². The summed E-state index contributed by atoms with van der Waals surface area (Å²) in [5.41, 5.74) is 8.08. The standard InChI is InChI=1S/C47H44N6O8S2/c1-30(59-46(57)60-36-22-12-5-13-23-36)58-44(56)40-32(25-24-31-15-14-26-49-27-31)28-62-43-39(42(55)53(40)43)51-41(54)38(37-29-63-45(48)50-37)52-61-47(33-16-6-2-7-17-33,34-18-8-3-9-19-34)35-20-10-4-11-21-35/h2-4,6-11,14-21,24-27,29-30,36,39,43H,5,12-13,22-23,28H2,1H3,(H2,48,50)(H,51,54)/b25-24+,52-38?/t30?,39-,43+/m1/s1. The van der Waals surface area contributed by atoms with E-state index < -0.39 is 47.2 Å². The summed E-state index contributed by atoms with van der Waals surface area (Å²) in [5.74, 6) is -1.96. The molecule has 63 heavy (non-hydrogen) atoms. The first-order valence-corrected chi connectivity index (χ1v) is 22.4. The van der Waals surface area contributed by atoms with E-state index in [0.29, 0.717) is 5.57 Å². The van der Waals surface area contributed by atoms with Gasteiger partial charge in [-0.15, -0.1) is 23.1 Å². The van der Waals surface area contributed by atoms with E-state index in [1.54, 1.807) is 36.0 Å². The lowest BCUT2D eigenvalue weighted by Gasteiger charge is -2.49. The molecule has 3 N–H and O–H groups in total. The third-order valence-electron chi connectivity index (χ3n) is 10.8. The summed E-state index contributed by atoms with van der Waals surface area (Å²) in [5, 5.41) is 8.47. The van der Waals surface area contributed by atoms with Crippen molar-refractivity contribution in [2.45, 2.75) is 68.4 Å². The highest BCUT2D eigenvalue weighted by molar-refractivity contribution is 8.00. The molecule has 2 aliphatic heterocycles. The number of amides is 2. The Morgan fingerprint density at radius 3 is 2.13 bits per heavy atom. The van der Waals surface area contributed by atoms with Crippen molar-refractivity contribution < 1.29 is 38.2 Å². The molecule has 4 heterocycles. The van der Waals surface area contributed by atoms with Crippen LogP contribution >= 0.6 is 23.1 Å². The Morgan fingerprint density at radius 1 is 0.889 bits per heavy atom. The van der Waals surface area contributed by atoms with Crippen LogP contribution in [0, 0.1) is 0 Å². The summed E-state index contributed by atoms with van der Waals surface area (Å²) < 4.78 is 16.4. The van der Waals surface area contributed by atoms with Crippen LogP contribution in [0.4, 0.5) is 9.93 Å². The number of aromatic nitrogens is 2. The first kappa shape index (κ1) is 42.9. The van der Waals surface area contributed by atoms with E-state index in [2.05, 4.69) is 20.4 Å². The zero-order valence-corrected chi connectivity index (χ0v) is 35.8. The van der Waals surface area contributed by atoms with Gasteiger partial charge in [0.05, 0.1) is 0 Å². The number of carbonyl (C=O) groups is 4. The maximum absolute atomic E-state index is 14.5. The molecule has 3 atom stereocenters. The maximum atomic E-state index is 14.5. The molecule has 322 valence electrons. The first-order valence-electron chi connectivity index (χ1n) is 20.5. The first-order chi connectivity index (χ1) is 30.7. The van der Waals surface area contributed by atoms with Gasteiger partial charge in [-0.25, -0.2) is 14.6 Å². The Bertz CT molecular complexity index is 2420. The number of anilines is 1. The summed E-state index contributed by atoms with van der Waals surface area (Å²) >= 11 is 2.47. The van der Waals surface area contributed by atoms with Gasteiger partial charge in [0, 0.05) is 47.1 Å². The van der Waals surface area contributed by atoms with Crippen molar-refractivity contribution in [1.29, 1.82) is 0 Å². The largest absolute Gasteiger partial charge is 0.511 e. The third-order valence-corrected chi connectivity index (χ3v) is 12.8. The quantitative estimate of drug-likeness (QED) is 0.0279. The van der Waals surface area contributed by atoms with E-state index in [4.69, 9.17) is 24.8 Å². The summed E-state index contributed by atoms with van der Waals surface area (Å²) in [4.78, 5) is 71.7. The van der Waals surface area contributed by atoms with E-state index in [0.717, 1.165) is 65.7 Å². The van der Waals surface area contributed by atoms with Crippen LogP contribution in [0.15, 0.2) is 143 Å². The van der Waals surface area contributed by atoms with Gasteiger partial charge >= 0.3 is 12.1 Å². The summed E-state index contributed by atoms with van der Waals surface area (Å²) in [6, 6.07) is 31.1. The second-order valence-corrected chi connectivity index (χ2v) is 16.9. The number of hydrogen-bond donors (Lipinski definition) is 2. The van der Waals surface area contributed by atoms with Crippen LogP contribution < -0.4 is 11.1 Å². The smallest absolute Gasteiger partial charge is 0.431 e. The minimum absolute atomic E-state index is 0.0478. The third kappa shape index (κ3) is 9.51. The average Bonchev–Trinajstić information content (AvgIpc) is 3.75. The topological polar surface area (TPSA) is 185 Å². The van der Waals surface area contributed by atoms with E-state index >= 15 is 0 Å². The number of nitrogen functional groups attached to an aromatic ring is 1. The van der Waals surface area contributed by atoms with Gasteiger partial charge in [-0.3, -0.25) is 19.5 Å². The van der Waals surface area contributed by atoms with Crippen molar-refractivity contribution in [1.82, 2.24) is 20.2 Å². The molecule has 5 aromatic rings. The highest BCUT2D eigenvalue weighted by atomic mass is 32.2. The summed E-state index contributed by atoms with van der Waals surface area (Å²) in [6.07, 6.45) is 8.73. The molecule has 0 spiro atoms. The van der Waals surface area contributed by atoms with E-state index in [1.807, 2.05) is 97.1 Å². The Labute approximate surface area is 372 Å². The molecule has 1 saturated carbocycles. The molecule has 1 saturated heterocycles. The fourth-order valence-corrected chi connectivity index (χ4v) is 9.61. The molecule has 3 aliphatic rings. The van der Waals surface area contributed by atoms with Crippen LogP contribution in [0.3, 0.4) is 0 Å². The highest BCUT2D eigenvalue weighted by Crippen LogP contribution is 2.43. The molecule has 2 amide bonds. The number of allylic oxidation sites excluding steroid dienone is 1. The van der Waals surface area contributed by atoms with Gasteiger partial charge < -0.3 is 30.1 Å². The van der Waals surface area contributed by atoms with E-state index in [-0.39, 0.29) is 34.1 Å². The van der Waals surface area contributed by atoms with E-state index in [1.165, 1.54) is 23.6 Å². The number of oxime groups is 1. The molecule has 8 rings (SSSR count). The zero-order chi connectivity index (χ0) is 43.8. The number of hydrogen-bond acceptors (Lipinski definition) is 14. The predicted octanol–water partition coefficient (Wildman–Crippen LogP) is 7.58. The Kier molecular flexibility index (Phi) is 13.3. The van der Waals surface area contributed by atoms with E-state index in [9.17, 15) is 19.2 Å². The van der Waals surface area contributed by atoms with Gasteiger partial charge in [-0.1, -0.05) is 121 Å². The number of carbonyl (C=O) groups excluding carboxylic acids is 4. The molecular formula is C47H44N6O8S2. The SMILES string of the molecule is CC(OC(=O)OC1CCCCC1)OC(=O)C1=C(/C=C/c2cccnc2)CS[C@H]2[C@H](NC(=O)C(=NOC(c3ccccc3)(c3ccccc3)c3ccccc3)c3csc(N)n3)C(=O)N12. The lowest BCUT2D eigenvalue weighted by molar-refractivity contribution is -0.169. The second-order valence-electron chi connectivity index (χ2n) is 15.0. The molecule has 2 aromatic heterocycles. The number of nitrogens with zero attached hydrogens (tertiary/aromatic N) is 4. The number of β-lactam (4-membered cyclic amide) rings is 1. The number of nitrogens with two attached hydrogens (primary N) is 1.